The maximum absolute atomic E-state index is 12.9. The van der Waals surface area contributed by atoms with Crippen molar-refractivity contribution in [1.29, 1.82) is 0 Å². The molecule has 3 aromatic heterocycles. The van der Waals surface area contributed by atoms with E-state index in [1.807, 2.05) is 30.3 Å². The highest BCUT2D eigenvalue weighted by Crippen LogP contribution is 2.24. The molecular formula is C23H17ClN6O3. The van der Waals surface area contributed by atoms with Gasteiger partial charge < -0.3 is 9.42 Å². The predicted molar refractivity (Wildman–Crippen MR) is 123 cm³/mol. The van der Waals surface area contributed by atoms with Crippen molar-refractivity contribution in [3.8, 4) is 22.8 Å². The Balaban J connectivity index is 1.48. The molecule has 0 spiro atoms. The molecule has 33 heavy (non-hydrogen) atoms. The number of amides is 1. The molecule has 0 fully saturated rings. The molecule has 9 nitrogen and oxygen atoms in total. The Bertz CT molecular complexity index is 1520. The Hall–Kier alpha value is -4.24. The Kier molecular flexibility index (Phi) is 5.23. The van der Waals surface area contributed by atoms with E-state index in [1.165, 1.54) is 9.30 Å². The van der Waals surface area contributed by atoms with Gasteiger partial charge in [0.05, 0.1) is 5.56 Å². The molecule has 2 aromatic carbocycles. The summed E-state index contributed by atoms with van der Waals surface area (Å²) in [6.07, 6.45) is 1.57. The van der Waals surface area contributed by atoms with Gasteiger partial charge in [-0.1, -0.05) is 53.2 Å². The normalized spacial score (nSPS) is 11.1. The van der Waals surface area contributed by atoms with Gasteiger partial charge in [0, 0.05) is 29.5 Å². The van der Waals surface area contributed by atoms with Crippen molar-refractivity contribution < 1.29 is 9.32 Å². The lowest BCUT2D eigenvalue weighted by Crippen LogP contribution is -2.34. The van der Waals surface area contributed by atoms with Crippen molar-refractivity contribution in [3.05, 3.63) is 88.4 Å². The summed E-state index contributed by atoms with van der Waals surface area (Å²) in [5.74, 6) is 0.320. The second-order valence-corrected chi connectivity index (χ2v) is 7.71. The smallest absolute Gasteiger partial charge is 0.333 e. The third-order valence-corrected chi connectivity index (χ3v) is 5.39. The van der Waals surface area contributed by atoms with Crippen LogP contribution < -0.4 is 10.6 Å². The van der Waals surface area contributed by atoms with Gasteiger partial charge >= 0.3 is 5.69 Å². The molecule has 10 heteroatoms. The van der Waals surface area contributed by atoms with E-state index < -0.39 is 5.69 Å². The molecule has 0 aliphatic heterocycles. The van der Waals surface area contributed by atoms with Crippen LogP contribution in [0.1, 0.15) is 0 Å². The number of halogens is 1. The first kappa shape index (κ1) is 20.7. The number of benzene rings is 2. The first-order valence-electron chi connectivity index (χ1n) is 10.0. The zero-order valence-corrected chi connectivity index (χ0v) is 18.2. The summed E-state index contributed by atoms with van der Waals surface area (Å²) in [5.41, 5.74) is 1.76. The van der Waals surface area contributed by atoms with E-state index >= 15 is 0 Å². The van der Waals surface area contributed by atoms with Crippen LogP contribution in [0.5, 0.6) is 0 Å². The number of aromatic nitrogens is 5. The molecule has 164 valence electrons. The number of anilines is 1. The van der Waals surface area contributed by atoms with Gasteiger partial charge in [-0.05, 0) is 30.3 Å². The van der Waals surface area contributed by atoms with Crippen LogP contribution in [-0.2, 0) is 11.3 Å². The Morgan fingerprint density at radius 2 is 1.91 bits per heavy atom. The molecular weight excluding hydrogens is 444 g/mol. The molecule has 0 N–H and O–H groups in total. The first-order chi connectivity index (χ1) is 16.0. The van der Waals surface area contributed by atoms with E-state index in [9.17, 15) is 9.59 Å². The number of hydrogen-bond donors (Lipinski definition) is 0. The summed E-state index contributed by atoms with van der Waals surface area (Å²) in [6, 6.07) is 19.7. The van der Waals surface area contributed by atoms with Crippen LogP contribution in [0.25, 0.3) is 28.5 Å². The van der Waals surface area contributed by atoms with Gasteiger partial charge in [0.15, 0.2) is 5.65 Å². The molecule has 0 unspecified atom stereocenters. The van der Waals surface area contributed by atoms with Gasteiger partial charge in [0.2, 0.25) is 11.7 Å². The van der Waals surface area contributed by atoms with Gasteiger partial charge in [0.1, 0.15) is 6.54 Å². The predicted octanol–water partition coefficient (Wildman–Crippen LogP) is 3.53. The Morgan fingerprint density at radius 3 is 2.70 bits per heavy atom. The summed E-state index contributed by atoms with van der Waals surface area (Å²) in [5, 5.41) is 8.91. The van der Waals surface area contributed by atoms with Gasteiger partial charge in [-0.15, -0.1) is 5.10 Å². The Labute approximate surface area is 192 Å². The molecule has 0 aliphatic rings. The van der Waals surface area contributed by atoms with E-state index in [-0.39, 0.29) is 18.3 Å². The lowest BCUT2D eigenvalue weighted by atomic mass is 10.2. The van der Waals surface area contributed by atoms with Gasteiger partial charge in [-0.3, -0.25) is 4.79 Å². The standard InChI is InChI=1S/C23H17ClN6O3/c1-28(17-10-5-9-16(24)13-17)19(31)14-30-23(32)29-12-6-11-18(21(29)26-30)22-25-20(27-33-22)15-7-3-2-4-8-15/h2-13H,14H2,1H3. The molecule has 0 saturated carbocycles. The molecule has 0 bridgehead atoms. The van der Waals surface area contributed by atoms with Crippen molar-refractivity contribution >= 4 is 28.8 Å². The molecule has 0 aliphatic carbocycles. The van der Waals surface area contributed by atoms with E-state index in [0.29, 0.717) is 27.7 Å². The van der Waals surface area contributed by atoms with Crippen molar-refractivity contribution in [3.63, 3.8) is 0 Å². The monoisotopic (exact) mass is 460 g/mol. The van der Waals surface area contributed by atoms with Crippen LogP contribution in [0.2, 0.25) is 5.02 Å². The minimum atomic E-state index is -0.456. The highest BCUT2D eigenvalue weighted by atomic mass is 35.5. The van der Waals surface area contributed by atoms with Crippen molar-refractivity contribution in [2.75, 3.05) is 11.9 Å². The van der Waals surface area contributed by atoms with Crippen LogP contribution in [-0.4, -0.2) is 37.3 Å². The largest absolute Gasteiger partial charge is 0.350 e. The summed E-state index contributed by atoms with van der Waals surface area (Å²) in [6.45, 7) is -0.248. The molecule has 0 saturated heterocycles. The van der Waals surface area contributed by atoms with Gasteiger partial charge in [0.25, 0.3) is 5.89 Å². The second-order valence-electron chi connectivity index (χ2n) is 7.28. The van der Waals surface area contributed by atoms with E-state index in [4.69, 9.17) is 16.1 Å². The average molecular weight is 461 g/mol. The number of carbonyl (C=O) groups excluding carboxylic acids is 1. The highest BCUT2D eigenvalue weighted by Gasteiger charge is 2.20. The summed E-state index contributed by atoms with van der Waals surface area (Å²) in [4.78, 5) is 31.6. The molecule has 5 aromatic rings. The number of fused-ring (bicyclic) bond motifs is 1. The number of likely N-dealkylation sites (N-methyl/N-ethyl adjacent to an activating group) is 1. The molecule has 0 radical (unpaired) electrons. The quantitative estimate of drug-likeness (QED) is 0.398. The number of nitrogens with zero attached hydrogens (tertiary/aromatic N) is 6. The fraction of sp³-hybridized carbons (Fsp3) is 0.0870. The number of hydrogen-bond acceptors (Lipinski definition) is 6. The fourth-order valence-corrected chi connectivity index (χ4v) is 3.59. The van der Waals surface area contributed by atoms with Crippen molar-refractivity contribution in [1.82, 2.24) is 24.3 Å². The second kappa shape index (κ2) is 8.36. The van der Waals surface area contributed by atoms with Gasteiger partial charge in [-0.2, -0.15) is 4.98 Å². The minimum Gasteiger partial charge on any atom is -0.333 e. The van der Waals surface area contributed by atoms with E-state index in [2.05, 4.69) is 15.2 Å². The maximum atomic E-state index is 12.9. The Morgan fingerprint density at radius 1 is 1.09 bits per heavy atom. The first-order valence-corrected chi connectivity index (χ1v) is 10.4. The molecule has 0 atom stereocenters. The van der Waals surface area contributed by atoms with Crippen molar-refractivity contribution in [2.45, 2.75) is 6.54 Å². The van der Waals surface area contributed by atoms with Crippen LogP contribution in [0.3, 0.4) is 0 Å². The molecule has 5 rings (SSSR count). The van der Waals surface area contributed by atoms with Crippen LogP contribution in [0, 0.1) is 0 Å². The highest BCUT2D eigenvalue weighted by molar-refractivity contribution is 6.30. The zero-order valence-electron chi connectivity index (χ0n) is 17.4. The molecule has 3 heterocycles. The summed E-state index contributed by atoms with van der Waals surface area (Å²) < 4.78 is 7.89. The fourth-order valence-electron chi connectivity index (χ4n) is 3.41. The minimum absolute atomic E-state index is 0.221. The molecule has 1 amide bonds. The van der Waals surface area contributed by atoms with Crippen molar-refractivity contribution in [2.24, 2.45) is 0 Å². The number of carbonyl (C=O) groups is 1. The third-order valence-electron chi connectivity index (χ3n) is 5.15. The third kappa shape index (κ3) is 3.90. The maximum Gasteiger partial charge on any atom is 0.350 e. The van der Waals surface area contributed by atoms with E-state index in [1.54, 1.807) is 49.6 Å². The summed E-state index contributed by atoms with van der Waals surface area (Å²) >= 11 is 6.02. The lowest BCUT2D eigenvalue weighted by Gasteiger charge is -2.17. The topological polar surface area (TPSA) is 98.5 Å². The lowest BCUT2D eigenvalue weighted by molar-refractivity contribution is -0.119. The van der Waals surface area contributed by atoms with E-state index in [0.717, 1.165) is 10.2 Å². The van der Waals surface area contributed by atoms with Crippen LogP contribution in [0.4, 0.5) is 5.69 Å². The summed E-state index contributed by atoms with van der Waals surface area (Å²) in [7, 11) is 1.61. The SMILES string of the molecule is CN(C(=O)Cn1nc2c(-c3nc(-c4ccccc4)no3)cccn2c1=O)c1cccc(Cl)c1. The number of rotatable bonds is 5. The zero-order chi connectivity index (χ0) is 22.9. The van der Waals surface area contributed by atoms with Crippen LogP contribution >= 0.6 is 11.6 Å². The number of pyridine rings is 1. The van der Waals surface area contributed by atoms with Crippen LogP contribution in [0.15, 0.2) is 82.2 Å². The van der Waals surface area contributed by atoms with Gasteiger partial charge in [-0.25, -0.2) is 13.9 Å². The average Bonchev–Trinajstić information content (AvgIpc) is 3.44.